The minimum atomic E-state index is -0.0359. The summed E-state index contributed by atoms with van der Waals surface area (Å²) in [6, 6.07) is 3.60. The summed E-state index contributed by atoms with van der Waals surface area (Å²) in [4.78, 5) is 2.22. The van der Waals surface area contributed by atoms with Crippen molar-refractivity contribution in [1.29, 1.82) is 0 Å². The quantitative estimate of drug-likeness (QED) is 0.879. The van der Waals surface area contributed by atoms with Crippen molar-refractivity contribution in [2.45, 2.75) is 12.7 Å². The van der Waals surface area contributed by atoms with Crippen molar-refractivity contribution in [3.63, 3.8) is 0 Å². The van der Waals surface area contributed by atoms with Gasteiger partial charge in [0.2, 0.25) is 0 Å². The molecule has 1 atom stereocenters. The molecule has 1 aliphatic rings. The van der Waals surface area contributed by atoms with E-state index in [2.05, 4.69) is 27.9 Å². The number of methoxy groups -OCH3 is 1. The van der Waals surface area contributed by atoms with Gasteiger partial charge in [0.15, 0.2) is 11.5 Å². The van der Waals surface area contributed by atoms with E-state index in [1.165, 1.54) is 0 Å². The molecule has 2 rings (SSSR count). The molecule has 0 amide bonds. The highest BCUT2D eigenvalue weighted by atomic mass is 79.9. The normalized spacial score (nSPS) is 19.9. The Morgan fingerprint density at radius 1 is 1.50 bits per heavy atom. The topological polar surface area (TPSA) is 51.2 Å². The van der Waals surface area contributed by atoms with Crippen LogP contribution in [0.25, 0.3) is 0 Å². The molecule has 1 aromatic carbocycles. The molecule has 0 bridgehead atoms. The molecule has 1 aromatic rings. The average molecular weight is 346 g/mol. The van der Waals surface area contributed by atoms with Gasteiger partial charge in [-0.15, -0.1) is 0 Å². The third kappa shape index (κ3) is 3.85. The first-order chi connectivity index (χ1) is 9.63. The van der Waals surface area contributed by atoms with Crippen molar-refractivity contribution in [2.24, 2.45) is 0 Å². The molecule has 1 saturated heterocycles. The van der Waals surface area contributed by atoms with E-state index in [1.807, 2.05) is 6.07 Å². The minimum absolute atomic E-state index is 0.0359. The van der Waals surface area contributed by atoms with Crippen LogP contribution in [0.4, 0.5) is 0 Å². The molecular formula is C14H20BrNO4. The summed E-state index contributed by atoms with van der Waals surface area (Å²) >= 11 is 3.45. The Morgan fingerprint density at radius 3 is 2.95 bits per heavy atom. The van der Waals surface area contributed by atoms with Gasteiger partial charge in [-0.3, -0.25) is 0 Å². The number of hydrogen-bond donors (Lipinski definition) is 1. The molecule has 20 heavy (non-hydrogen) atoms. The van der Waals surface area contributed by atoms with Crippen molar-refractivity contribution >= 4 is 15.9 Å². The van der Waals surface area contributed by atoms with Crippen LogP contribution in [0, 0.1) is 0 Å². The summed E-state index contributed by atoms with van der Waals surface area (Å²) in [6.45, 7) is 2.97. The van der Waals surface area contributed by atoms with Crippen LogP contribution in [0.3, 0.4) is 0 Å². The lowest BCUT2D eigenvalue weighted by atomic mass is 10.2. The molecule has 6 heteroatoms. The zero-order valence-corrected chi connectivity index (χ0v) is 13.4. The Bertz CT molecular complexity index is 455. The molecule has 1 heterocycles. The Hall–Kier alpha value is -0.820. The third-order valence-electron chi connectivity index (χ3n) is 3.23. The fourth-order valence-electron chi connectivity index (χ4n) is 2.15. The fourth-order valence-corrected chi connectivity index (χ4v) is 2.75. The van der Waals surface area contributed by atoms with E-state index in [4.69, 9.17) is 14.2 Å². The van der Waals surface area contributed by atoms with E-state index in [0.29, 0.717) is 18.1 Å². The molecule has 0 spiro atoms. The number of likely N-dealkylation sites (N-methyl/N-ethyl adjacent to an activating group) is 1. The van der Waals surface area contributed by atoms with Gasteiger partial charge in [-0.1, -0.05) is 0 Å². The Morgan fingerprint density at radius 2 is 2.30 bits per heavy atom. The van der Waals surface area contributed by atoms with Crippen LogP contribution in [0.15, 0.2) is 16.6 Å². The fraction of sp³-hybridized carbons (Fsp3) is 0.571. The van der Waals surface area contributed by atoms with Crippen LogP contribution in [0.1, 0.15) is 5.56 Å². The summed E-state index contributed by atoms with van der Waals surface area (Å²) in [7, 11) is 3.66. The summed E-state index contributed by atoms with van der Waals surface area (Å²) < 4.78 is 17.6. The van der Waals surface area contributed by atoms with E-state index in [0.717, 1.165) is 29.7 Å². The number of halogens is 1. The molecule has 5 nitrogen and oxygen atoms in total. The van der Waals surface area contributed by atoms with Gasteiger partial charge in [-0.05, 0) is 40.7 Å². The van der Waals surface area contributed by atoms with Crippen LogP contribution in [0.2, 0.25) is 0 Å². The van der Waals surface area contributed by atoms with Crippen molar-refractivity contribution in [3.8, 4) is 11.5 Å². The largest absolute Gasteiger partial charge is 0.493 e. The lowest BCUT2D eigenvalue weighted by molar-refractivity contribution is -0.0407. The summed E-state index contributed by atoms with van der Waals surface area (Å²) in [5.41, 5.74) is 0.773. The van der Waals surface area contributed by atoms with Crippen molar-refractivity contribution in [1.82, 2.24) is 4.90 Å². The number of ether oxygens (including phenoxy) is 3. The molecule has 1 N–H and O–H groups in total. The van der Waals surface area contributed by atoms with Crippen LogP contribution in [-0.4, -0.2) is 56.6 Å². The average Bonchev–Trinajstić information content (AvgIpc) is 2.45. The highest BCUT2D eigenvalue weighted by molar-refractivity contribution is 9.10. The van der Waals surface area contributed by atoms with E-state index < -0.39 is 0 Å². The summed E-state index contributed by atoms with van der Waals surface area (Å²) in [5, 5.41) is 9.19. The maximum atomic E-state index is 9.19. The van der Waals surface area contributed by atoms with Crippen molar-refractivity contribution in [3.05, 3.63) is 22.2 Å². The molecule has 1 fully saturated rings. The van der Waals surface area contributed by atoms with Crippen molar-refractivity contribution < 1.29 is 19.3 Å². The highest BCUT2D eigenvalue weighted by Crippen LogP contribution is 2.36. The number of aliphatic hydroxyl groups excluding tert-OH is 1. The molecule has 0 aliphatic carbocycles. The van der Waals surface area contributed by atoms with Crippen LogP contribution >= 0.6 is 15.9 Å². The maximum absolute atomic E-state index is 9.19. The molecule has 1 unspecified atom stereocenters. The van der Waals surface area contributed by atoms with Gasteiger partial charge in [0.1, 0.15) is 12.7 Å². The number of morpholine rings is 1. The van der Waals surface area contributed by atoms with Crippen LogP contribution < -0.4 is 9.47 Å². The maximum Gasteiger partial charge on any atom is 0.175 e. The lowest BCUT2D eigenvalue weighted by Crippen LogP contribution is -2.42. The minimum Gasteiger partial charge on any atom is -0.493 e. The third-order valence-corrected chi connectivity index (χ3v) is 3.82. The van der Waals surface area contributed by atoms with Crippen molar-refractivity contribution in [2.75, 3.05) is 40.5 Å². The number of rotatable bonds is 5. The van der Waals surface area contributed by atoms with Gasteiger partial charge in [0, 0.05) is 13.1 Å². The van der Waals surface area contributed by atoms with Gasteiger partial charge in [0.05, 0.1) is 24.8 Å². The molecule has 0 radical (unpaired) electrons. The highest BCUT2D eigenvalue weighted by Gasteiger charge is 2.20. The van der Waals surface area contributed by atoms with Crippen LogP contribution in [-0.2, 0) is 11.3 Å². The number of aliphatic hydroxyl groups is 1. The first-order valence-corrected chi connectivity index (χ1v) is 7.33. The van der Waals surface area contributed by atoms with E-state index in [9.17, 15) is 5.11 Å². The SMILES string of the molecule is COc1cc(CO)cc(Br)c1OCC1CN(C)CCO1. The smallest absolute Gasteiger partial charge is 0.175 e. The van der Waals surface area contributed by atoms with Gasteiger partial charge in [-0.2, -0.15) is 0 Å². The van der Waals surface area contributed by atoms with Crippen LogP contribution in [0.5, 0.6) is 11.5 Å². The standard InChI is InChI=1S/C14H20BrNO4/c1-16-3-4-19-11(7-16)9-20-14-12(15)5-10(8-17)6-13(14)18-2/h5-6,11,17H,3-4,7-9H2,1-2H3. The first kappa shape index (κ1) is 15.6. The monoisotopic (exact) mass is 345 g/mol. The van der Waals surface area contributed by atoms with E-state index >= 15 is 0 Å². The second kappa shape index (κ2) is 7.26. The zero-order valence-electron chi connectivity index (χ0n) is 11.8. The summed E-state index contributed by atoms with van der Waals surface area (Å²) in [6.07, 6.45) is 0.0582. The molecule has 0 saturated carbocycles. The Balaban J connectivity index is 2.04. The number of hydrogen-bond acceptors (Lipinski definition) is 5. The molecule has 1 aliphatic heterocycles. The second-order valence-electron chi connectivity index (χ2n) is 4.83. The predicted octanol–water partition coefficient (Wildman–Crippen LogP) is 1.66. The lowest BCUT2D eigenvalue weighted by Gasteiger charge is -2.30. The van der Waals surface area contributed by atoms with E-state index in [1.54, 1.807) is 13.2 Å². The van der Waals surface area contributed by atoms with Gasteiger partial charge < -0.3 is 24.2 Å². The molecular weight excluding hydrogens is 326 g/mol. The zero-order chi connectivity index (χ0) is 14.5. The van der Waals surface area contributed by atoms with E-state index in [-0.39, 0.29) is 12.7 Å². The Kier molecular flexibility index (Phi) is 5.65. The molecule has 0 aromatic heterocycles. The second-order valence-corrected chi connectivity index (χ2v) is 5.69. The number of nitrogens with zero attached hydrogens (tertiary/aromatic N) is 1. The van der Waals surface area contributed by atoms with Gasteiger partial charge >= 0.3 is 0 Å². The first-order valence-electron chi connectivity index (χ1n) is 6.54. The Labute approximate surface area is 127 Å². The summed E-state index contributed by atoms with van der Waals surface area (Å²) in [5.74, 6) is 1.24. The number of benzene rings is 1. The predicted molar refractivity (Wildman–Crippen MR) is 79.3 cm³/mol. The van der Waals surface area contributed by atoms with Gasteiger partial charge in [0.25, 0.3) is 0 Å². The molecule has 112 valence electrons. The van der Waals surface area contributed by atoms with Gasteiger partial charge in [-0.25, -0.2) is 0 Å².